The van der Waals surface area contributed by atoms with Crippen molar-refractivity contribution in [2.24, 2.45) is 5.73 Å². The molecular formula is C14H22N2S2. The number of rotatable bonds is 6. The molecule has 0 saturated heterocycles. The molecule has 2 N–H and O–H groups in total. The molecule has 0 amide bonds. The van der Waals surface area contributed by atoms with Gasteiger partial charge in [-0.1, -0.05) is 24.4 Å². The van der Waals surface area contributed by atoms with E-state index >= 15 is 0 Å². The van der Waals surface area contributed by atoms with Crippen molar-refractivity contribution in [2.75, 3.05) is 19.1 Å². The molecule has 0 spiro atoms. The van der Waals surface area contributed by atoms with Crippen LogP contribution >= 0.6 is 24.0 Å². The van der Waals surface area contributed by atoms with Crippen molar-refractivity contribution in [1.82, 2.24) is 4.90 Å². The van der Waals surface area contributed by atoms with Crippen LogP contribution in [0.3, 0.4) is 0 Å². The lowest BCUT2D eigenvalue weighted by Crippen LogP contribution is -2.30. The van der Waals surface area contributed by atoms with Gasteiger partial charge < -0.3 is 5.73 Å². The molecular weight excluding hydrogens is 260 g/mol. The number of thioether (sulfide) groups is 1. The van der Waals surface area contributed by atoms with Gasteiger partial charge in [0.1, 0.15) is 4.99 Å². The van der Waals surface area contributed by atoms with Crippen LogP contribution in [0.5, 0.6) is 0 Å². The second-order valence-electron chi connectivity index (χ2n) is 4.72. The van der Waals surface area contributed by atoms with Crippen LogP contribution in [0.15, 0.2) is 18.2 Å². The normalized spacial score (nSPS) is 12.7. The van der Waals surface area contributed by atoms with Gasteiger partial charge in [-0.3, -0.25) is 4.90 Å². The van der Waals surface area contributed by atoms with E-state index in [1.807, 2.05) is 17.8 Å². The molecule has 0 aliphatic carbocycles. The highest BCUT2D eigenvalue weighted by atomic mass is 32.2. The Morgan fingerprint density at radius 3 is 2.67 bits per heavy atom. The van der Waals surface area contributed by atoms with E-state index in [9.17, 15) is 0 Å². The summed E-state index contributed by atoms with van der Waals surface area (Å²) in [5, 5.41) is 0. The van der Waals surface area contributed by atoms with E-state index in [0.717, 1.165) is 17.9 Å². The highest BCUT2D eigenvalue weighted by Crippen LogP contribution is 2.15. The molecule has 1 unspecified atom stereocenters. The average molecular weight is 282 g/mol. The number of nitrogens with zero attached hydrogens (tertiary/aromatic N) is 1. The molecule has 2 nitrogen and oxygen atoms in total. The second kappa shape index (κ2) is 7.12. The Kier molecular flexibility index (Phi) is 6.12. The van der Waals surface area contributed by atoms with Crippen LogP contribution in [0, 0.1) is 6.92 Å². The summed E-state index contributed by atoms with van der Waals surface area (Å²) >= 11 is 6.88. The van der Waals surface area contributed by atoms with Gasteiger partial charge >= 0.3 is 0 Å². The number of hydrogen-bond acceptors (Lipinski definition) is 3. The lowest BCUT2D eigenvalue weighted by molar-refractivity contribution is 0.269. The quantitative estimate of drug-likeness (QED) is 0.813. The van der Waals surface area contributed by atoms with Crippen LogP contribution in [-0.4, -0.2) is 35.0 Å². The first-order valence-electron chi connectivity index (χ1n) is 6.04. The fourth-order valence-corrected chi connectivity index (χ4v) is 2.68. The molecule has 1 aromatic rings. The zero-order valence-corrected chi connectivity index (χ0v) is 13.2. The van der Waals surface area contributed by atoms with Crippen LogP contribution in [0.4, 0.5) is 0 Å². The first-order valence-corrected chi connectivity index (χ1v) is 7.84. The van der Waals surface area contributed by atoms with Crippen molar-refractivity contribution in [3.05, 3.63) is 34.9 Å². The Morgan fingerprint density at radius 2 is 2.17 bits per heavy atom. The first kappa shape index (κ1) is 15.5. The molecule has 0 aromatic heterocycles. The molecule has 100 valence electrons. The Bertz CT molecular complexity index is 418. The predicted molar refractivity (Wildman–Crippen MR) is 86.4 cm³/mol. The van der Waals surface area contributed by atoms with Crippen LogP contribution in [0.1, 0.15) is 23.6 Å². The Hall–Kier alpha value is -0.580. The fourth-order valence-electron chi connectivity index (χ4n) is 1.82. The van der Waals surface area contributed by atoms with Gasteiger partial charge in [0.2, 0.25) is 0 Å². The summed E-state index contributed by atoms with van der Waals surface area (Å²) in [6, 6.07) is 6.80. The van der Waals surface area contributed by atoms with Crippen molar-refractivity contribution >= 4 is 29.0 Å². The smallest absolute Gasteiger partial charge is 0.103 e. The van der Waals surface area contributed by atoms with Crippen molar-refractivity contribution < 1.29 is 0 Å². The van der Waals surface area contributed by atoms with E-state index in [4.69, 9.17) is 18.0 Å². The van der Waals surface area contributed by atoms with E-state index in [1.165, 1.54) is 11.1 Å². The molecule has 0 aliphatic rings. The number of benzene rings is 1. The van der Waals surface area contributed by atoms with Crippen molar-refractivity contribution in [3.8, 4) is 0 Å². The predicted octanol–water partition coefficient (Wildman–Crippen LogP) is 2.81. The fraction of sp³-hybridized carbons (Fsp3) is 0.500. The Labute approximate surface area is 120 Å². The molecule has 1 aromatic carbocycles. The minimum Gasteiger partial charge on any atom is -0.389 e. The van der Waals surface area contributed by atoms with Gasteiger partial charge in [0.25, 0.3) is 0 Å². The van der Waals surface area contributed by atoms with Gasteiger partial charge in [0, 0.05) is 23.9 Å². The molecule has 0 aliphatic heterocycles. The second-order valence-corrected chi connectivity index (χ2v) is 6.08. The highest BCUT2D eigenvalue weighted by Gasteiger charge is 2.10. The standard InChI is InChI=1S/C14H22N2S2/c1-10-7-12(14(15)17)5-6-13(10)8-16(3)11(2)9-18-4/h5-7,11H,8-9H2,1-4H3,(H2,15,17). The monoisotopic (exact) mass is 282 g/mol. The lowest BCUT2D eigenvalue weighted by Gasteiger charge is -2.25. The third kappa shape index (κ3) is 4.26. The first-order chi connectivity index (χ1) is 8.45. The average Bonchev–Trinajstić information content (AvgIpc) is 2.31. The zero-order chi connectivity index (χ0) is 13.7. The SMILES string of the molecule is CSCC(C)N(C)Cc1ccc(C(N)=S)cc1C. The van der Waals surface area contributed by atoms with E-state index in [1.54, 1.807) is 0 Å². The molecule has 18 heavy (non-hydrogen) atoms. The third-order valence-electron chi connectivity index (χ3n) is 3.21. The lowest BCUT2D eigenvalue weighted by atomic mass is 10.0. The molecule has 0 radical (unpaired) electrons. The summed E-state index contributed by atoms with van der Waals surface area (Å²) < 4.78 is 0. The van der Waals surface area contributed by atoms with Gasteiger partial charge in [-0.2, -0.15) is 11.8 Å². The van der Waals surface area contributed by atoms with Gasteiger partial charge in [0.05, 0.1) is 0 Å². The van der Waals surface area contributed by atoms with Crippen LogP contribution < -0.4 is 5.73 Å². The topological polar surface area (TPSA) is 29.3 Å². The maximum atomic E-state index is 5.64. The summed E-state index contributed by atoms with van der Waals surface area (Å²) in [5.41, 5.74) is 9.18. The van der Waals surface area contributed by atoms with E-state index in [0.29, 0.717) is 11.0 Å². The summed E-state index contributed by atoms with van der Waals surface area (Å²) in [7, 11) is 2.17. The van der Waals surface area contributed by atoms with Gasteiger partial charge in [-0.05, 0) is 44.3 Å². The van der Waals surface area contributed by atoms with Gasteiger partial charge in [0.15, 0.2) is 0 Å². The molecule has 0 bridgehead atoms. The molecule has 0 saturated carbocycles. The van der Waals surface area contributed by atoms with Crippen LogP contribution in [-0.2, 0) is 6.54 Å². The van der Waals surface area contributed by atoms with Crippen molar-refractivity contribution in [2.45, 2.75) is 26.4 Å². The molecule has 0 fully saturated rings. The van der Waals surface area contributed by atoms with Gasteiger partial charge in [-0.25, -0.2) is 0 Å². The summed E-state index contributed by atoms with van der Waals surface area (Å²) in [6.07, 6.45) is 2.15. The van der Waals surface area contributed by atoms with Crippen molar-refractivity contribution in [3.63, 3.8) is 0 Å². The summed E-state index contributed by atoms with van der Waals surface area (Å²) in [6.45, 7) is 5.34. The minimum atomic E-state index is 0.466. The molecule has 0 heterocycles. The molecule has 4 heteroatoms. The largest absolute Gasteiger partial charge is 0.389 e. The Morgan fingerprint density at radius 1 is 1.50 bits per heavy atom. The third-order valence-corrected chi connectivity index (χ3v) is 4.26. The Balaban J connectivity index is 2.76. The minimum absolute atomic E-state index is 0.466. The highest BCUT2D eigenvalue weighted by molar-refractivity contribution is 7.98. The van der Waals surface area contributed by atoms with Crippen LogP contribution in [0.25, 0.3) is 0 Å². The molecule has 1 atom stereocenters. The van der Waals surface area contributed by atoms with Crippen LogP contribution in [0.2, 0.25) is 0 Å². The van der Waals surface area contributed by atoms with E-state index in [2.05, 4.69) is 44.2 Å². The maximum absolute atomic E-state index is 5.64. The van der Waals surface area contributed by atoms with E-state index in [-0.39, 0.29) is 0 Å². The number of thiocarbonyl (C=S) groups is 1. The number of hydrogen-bond donors (Lipinski definition) is 1. The van der Waals surface area contributed by atoms with Crippen molar-refractivity contribution in [1.29, 1.82) is 0 Å². The number of nitrogens with two attached hydrogens (primary N) is 1. The van der Waals surface area contributed by atoms with E-state index < -0.39 is 0 Å². The molecule has 1 rings (SSSR count). The number of aryl methyl sites for hydroxylation is 1. The summed E-state index contributed by atoms with van der Waals surface area (Å²) in [4.78, 5) is 2.84. The van der Waals surface area contributed by atoms with Gasteiger partial charge in [-0.15, -0.1) is 0 Å². The maximum Gasteiger partial charge on any atom is 0.103 e. The zero-order valence-electron chi connectivity index (χ0n) is 11.6. The summed E-state index contributed by atoms with van der Waals surface area (Å²) in [5.74, 6) is 1.15.